The molecule has 3 N–H and O–H groups in total. The SMILES string of the molecule is OC1CC(c2ccc(F)c(Br)c2)NN1. The smallest absolute Gasteiger partial charge is 0.137 e. The summed E-state index contributed by atoms with van der Waals surface area (Å²) in [5.41, 5.74) is 6.57. The Hall–Kier alpha value is -0.490. The standard InChI is InChI=1S/C9H10BrFN2O/c10-6-3-5(1-2-7(6)11)8-4-9(14)13-12-8/h1-3,8-9,12-14H,4H2. The molecule has 2 atom stereocenters. The van der Waals surface area contributed by atoms with Crippen molar-refractivity contribution in [1.82, 2.24) is 10.9 Å². The van der Waals surface area contributed by atoms with E-state index in [0.29, 0.717) is 10.9 Å². The number of rotatable bonds is 1. The van der Waals surface area contributed by atoms with E-state index in [-0.39, 0.29) is 11.9 Å². The summed E-state index contributed by atoms with van der Waals surface area (Å²) < 4.78 is 13.4. The summed E-state index contributed by atoms with van der Waals surface area (Å²) in [6, 6.07) is 4.86. The van der Waals surface area contributed by atoms with Gasteiger partial charge in [0.25, 0.3) is 0 Å². The zero-order valence-corrected chi connectivity index (χ0v) is 8.88. The monoisotopic (exact) mass is 260 g/mol. The lowest BCUT2D eigenvalue weighted by Crippen LogP contribution is -2.30. The van der Waals surface area contributed by atoms with E-state index in [1.165, 1.54) is 6.07 Å². The molecule has 0 amide bonds. The van der Waals surface area contributed by atoms with Gasteiger partial charge < -0.3 is 5.11 Å². The summed E-state index contributed by atoms with van der Waals surface area (Å²) >= 11 is 3.12. The van der Waals surface area contributed by atoms with Crippen molar-refractivity contribution in [2.75, 3.05) is 0 Å². The number of hydrogen-bond donors (Lipinski definition) is 3. The van der Waals surface area contributed by atoms with E-state index < -0.39 is 6.23 Å². The van der Waals surface area contributed by atoms with Crippen molar-refractivity contribution in [2.45, 2.75) is 18.7 Å². The van der Waals surface area contributed by atoms with Gasteiger partial charge in [-0.05, 0) is 33.6 Å². The fourth-order valence-electron chi connectivity index (χ4n) is 1.49. The number of halogens is 2. The van der Waals surface area contributed by atoms with Crippen LogP contribution in [0.15, 0.2) is 22.7 Å². The molecule has 3 nitrogen and oxygen atoms in total. The van der Waals surface area contributed by atoms with Crippen molar-refractivity contribution in [3.05, 3.63) is 34.1 Å². The lowest BCUT2D eigenvalue weighted by molar-refractivity contribution is 0.153. The number of nitrogens with one attached hydrogen (secondary N) is 2. The quantitative estimate of drug-likeness (QED) is 0.716. The Bertz CT molecular complexity index is 348. The van der Waals surface area contributed by atoms with E-state index in [2.05, 4.69) is 26.8 Å². The van der Waals surface area contributed by atoms with Crippen molar-refractivity contribution in [2.24, 2.45) is 0 Å². The summed E-state index contributed by atoms with van der Waals surface area (Å²) in [7, 11) is 0. The van der Waals surface area contributed by atoms with Gasteiger partial charge in [0.15, 0.2) is 0 Å². The Labute approximate surface area is 89.4 Å². The first-order chi connectivity index (χ1) is 6.66. The molecule has 0 spiro atoms. The van der Waals surface area contributed by atoms with Crippen LogP contribution in [0.4, 0.5) is 4.39 Å². The highest BCUT2D eigenvalue weighted by Gasteiger charge is 2.23. The summed E-state index contributed by atoms with van der Waals surface area (Å²) in [6.07, 6.45) is 0.0433. The highest BCUT2D eigenvalue weighted by atomic mass is 79.9. The van der Waals surface area contributed by atoms with Gasteiger partial charge in [0, 0.05) is 6.42 Å². The van der Waals surface area contributed by atoms with E-state index in [4.69, 9.17) is 0 Å². The normalized spacial score (nSPS) is 26.8. The minimum atomic E-state index is -0.538. The molecule has 76 valence electrons. The van der Waals surface area contributed by atoms with Gasteiger partial charge in [-0.2, -0.15) is 0 Å². The van der Waals surface area contributed by atoms with Crippen molar-refractivity contribution >= 4 is 15.9 Å². The van der Waals surface area contributed by atoms with Crippen LogP contribution in [-0.2, 0) is 0 Å². The molecule has 2 rings (SSSR count). The third-order valence-corrected chi connectivity index (χ3v) is 2.84. The van der Waals surface area contributed by atoms with Gasteiger partial charge in [0.1, 0.15) is 12.0 Å². The van der Waals surface area contributed by atoms with Crippen LogP contribution in [0.1, 0.15) is 18.0 Å². The van der Waals surface area contributed by atoms with Gasteiger partial charge in [-0.25, -0.2) is 15.2 Å². The molecule has 0 saturated carbocycles. The Morgan fingerprint density at radius 3 is 2.79 bits per heavy atom. The van der Waals surface area contributed by atoms with Crippen LogP contribution in [0.5, 0.6) is 0 Å². The average Bonchev–Trinajstić information content (AvgIpc) is 2.57. The molecule has 1 saturated heterocycles. The summed E-state index contributed by atoms with van der Waals surface area (Å²) in [5.74, 6) is -0.278. The third kappa shape index (κ3) is 1.95. The number of aliphatic hydroxyl groups is 1. The van der Waals surface area contributed by atoms with Crippen molar-refractivity contribution in [1.29, 1.82) is 0 Å². The molecule has 1 aliphatic rings. The first-order valence-corrected chi connectivity index (χ1v) is 5.10. The molecular formula is C9H10BrFN2O. The summed E-state index contributed by atoms with van der Waals surface area (Å²) in [4.78, 5) is 0. The Kier molecular flexibility index (Phi) is 2.83. The molecule has 1 heterocycles. The lowest BCUT2D eigenvalue weighted by atomic mass is 10.1. The van der Waals surface area contributed by atoms with Crippen LogP contribution in [-0.4, -0.2) is 11.3 Å². The van der Waals surface area contributed by atoms with E-state index in [1.54, 1.807) is 12.1 Å². The van der Waals surface area contributed by atoms with Gasteiger partial charge >= 0.3 is 0 Å². The molecule has 0 radical (unpaired) electrons. The molecule has 0 bridgehead atoms. The summed E-state index contributed by atoms with van der Waals surface area (Å²) in [6.45, 7) is 0. The zero-order valence-electron chi connectivity index (χ0n) is 7.30. The fraction of sp³-hybridized carbons (Fsp3) is 0.333. The van der Waals surface area contributed by atoms with Gasteiger partial charge in [-0.3, -0.25) is 0 Å². The molecule has 1 aromatic carbocycles. The van der Waals surface area contributed by atoms with Gasteiger partial charge in [-0.15, -0.1) is 0 Å². The predicted molar refractivity (Wildman–Crippen MR) is 53.7 cm³/mol. The minimum Gasteiger partial charge on any atom is -0.377 e. The van der Waals surface area contributed by atoms with Gasteiger partial charge in [0.2, 0.25) is 0 Å². The average molecular weight is 261 g/mol. The van der Waals surface area contributed by atoms with Gasteiger partial charge in [-0.1, -0.05) is 6.07 Å². The summed E-state index contributed by atoms with van der Waals surface area (Å²) in [5, 5.41) is 9.23. The van der Waals surface area contributed by atoms with Crippen molar-refractivity contribution < 1.29 is 9.50 Å². The van der Waals surface area contributed by atoms with Crippen molar-refractivity contribution in [3.63, 3.8) is 0 Å². The van der Waals surface area contributed by atoms with Crippen LogP contribution in [0.3, 0.4) is 0 Å². The molecule has 5 heteroatoms. The highest BCUT2D eigenvalue weighted by molar-refractivity contribution is 9.10. The maximum atomic E-state index is 12.9. The van der Waals surface area contributed by atoms with Crippen LogP contribution >= 0.6 is 15.9 Å². The molecule has 14 heavy (non-hydrogen) atoms. The van der Waals surface area contributed by atoms with E-state index in [1.807, 2.05) is 0 Å². The second-order valence-corrected chi connectivity index (χ2v) is 4.12. The highest BCUT2D eigenvalue weighted by Crippen LogP contribution is 2.25. The molecule has 1 aliphatic heterocycles. The maximum Gasteiger partial charge on any atom is 0.137 e. The second kappa shape index (κ2) is 3.94. The molecule has 1 fully saturated rings. The first-order valence-electron chi connectivity index (χ1n) is 4.31. The minimum absolute atomic E-state index is 0.0295. The number of hydrazine groups is 1. The van der Waals surface area contributed by atoms with E-state index in [9.17, 15) is 9.50 Å². The van der Waals surface area contributed by atoms with Crippen molar-refractivity contribution in [3.8, 4) is 0 Å². The van der Waals surface area contributed by atoms with E-state index >= 15 is 0 Å². The molecule has 2 unspecified atom stereocenters. The fourth-order valence-corrected chi connectivity index (χ4v) is 1.88. The van der Waals surface area contributed by atoms with Crippen LogP contribution < -0.4 is 10.9 Å². The first kappa shape index (κ1) is 10.0. The predicted octanol–water partition coefficient (Wildman–Crippen LogP) is 1.45. The number of aliphatic hydroxyl groups excluding tert-OH is 1. The zero-order chi connectivity index (χ0) is 10.1. The van der Waals surface area contributed by atoms with Crippen LogP contribution in [0.25, 0.3) is 0 Å². The Balaban J connectivity index is 2.20. The maximum absolute atomic E-state index is 12.9. The second-order valence-electron chi connectivity index (χ2n) is 3.27. The third-order valence-electron chi connectivity index (χ3n) is 2.23. The van der Waals surface area contributed by atoms with Crippen LogP contribution in [0, 0.1) is 5.82 Å². The lowest BCUT2D eigenvalue weighted by Gasteiger charge is -2.09. The molecule has 1 aromatic rings. The van der Waals surface area contributed by atoms with Crippen LogP contribution in [0.2, 0.25) is 0 Å². The van der Waals surface area contributed by atoms with Gasteiger partial charge in [0.05, 0.1) is 10.5 Å². The topological polar surface area (TPSA) is 44.3 Å². The molecule has 0 aliphatic carbocycles. The largest absolute Gasteiger partial charge is 0.377 e. The Morgan fingerprint density at radius 1 is 1.43 bits per heavy atom. The van der Waals surface area contributed by atoms with E-state index in [0.717, 1.165) is 5.56 Å². The Morgan fingerprint density at radius 2 is 2.21 bits per heavy atom. The number of hydrogen-bond acceptors (Lipinski definition) is 3. The molecular weight excluding hydrogens is 251 g/mol. The number of benzene rings is 1. The molecule has 0 aromatic heterocycles.